The summed E-state index contributed by atoms with van der Waals surface area (Å²) in [6, 6.07) is 6.45. The Morgan fingerprint density at radius 1 is 1.15 bits per heavy atom. The van der Waals surface area contributed by atoms with E-state index >= 15 is 0 Å². The molecule has 0 aliphatic heterocycles. The Hall–Kier alpha value is -3.58. The van der Waals surface area contributed by atoms with Crippen LogP contribution in [0.3, 0.4) is 0 Å². The number of fused-ring (bicyclic) bond motifs is 1. The Kier molecular flexibility index (Phi) is 6.48. The van der Waals surface area contributed by atoms with Crippen molar-refractivity contribution in [1.82, 2.24) is 25.1 Å². The average molecular weight is 511 g/mol. The SMILES string of the molecule is COc1nc(NS(=O)(=O)c2c[nH]c3c(-c4cccnn4)c(Cl)ccc23)nc(OC)c1CC(F)F. The van der Waals surface area contributed by atoms with Crippen molar-refractivity contribution in [3.05, 3.63) is 47.2 Å². The molecule has 0 fully saturated rings. The number of alkyl halides is 2. The first-order valence-electron chi connectivity index (χ1n) is 9.62. The second-order valence-electron chi connectivity index (χ2n) is 6.85. The number of H-pyrrole nitrogens is 1. The second kappa shape index (κ2) is 9.35. The predicted octanol–water partition coefficient (Wildman–Crippen LogP) is 3.69. The first-order valence-corrected chi connectivity index (χ1v) is 11.5. The van der Waals surface area contributed by atoms with Crippen LogP contribution in [0.1, 0.15) is 5.56 Å². The van der Waals surface area contributed by atoms with Gasteiger partial charge in [0.1, 0.15) is 4.90 Å². The van der Waals surface area contributed by atoms with Crippen LogP contribution in [0.2, 0.25) is 5.02 Å². The fourth-order valence-electron chi connectivity index (χ4n) is 3.39. The molecular weight excluding hydrogens is 494 g/mol. The van der Waals surface area contributed by atoms with Crippen molar-refractivity contribution < 1.29 is 26.7 Å². The van der Waals surface area contributed by atoms with Crippen molar-refractivity contribution in [2.75, 3.05) is 18.9 Å². The molecule has 0 radical (unpaired) electrons. The van der Waals surface area contributed by atoms with Crippen molar-refractivity contribution in [2.24, 2.45) is 0 Å². The van der Waals surface area contributed by atoms with Crippen LogP contribution < -0.4 is 14.2 Å². The number of halogens is 3. The number of anilines is 1. The first kappa shape index (κ1) is 23.6. The van der Waals surface area contributed by atoms with E-state index in [1.807, 2.05) is 0 Å². The molecule has 0 aliphatic carbocycles. The molecule has 0 bridgehead atoms. The second-order valence-corrected chi connectivity index (χ2v) is 8.91. The molecule has 0 unspecified atom stereocenters. The summed E-state index contributed by atoms with van der Waals surface area (Å²) in [5.74, 6) is -0.884. The summed E-state index contributed by atoms with van der Waals surface area (Å²) in [6.07, 6.45) is -0.659. The number of aromatic nitrogens is 5. The van der Waals surface area contributed by atoms with E-state index < -0.39 is 28.8 Å². The number of nitrogens with one attached hydrogen (secondary N) is 2. The fourth-order valence-corrected chi connectivity index (χ4v) is 4.76. The van der Waals surface area contributed by atoms with Crippen molar-refractivity contribution in [3.8, 4) is 23.0 Å². The average Bonchev–Trinajstić information content (AvgIpc) is 3.24. The van der Waals surface area contributed by atoms with Crippen LogP contribution in [0, 0.1) is 0 Å². The fraction of sp³-hybridized carbons (Fsp3) is 0.200. The van der Waals surface area contributed by atoms with E-state index in [1.54, 1.807) is 18.2 Å². The van der Waals surface area contributed by atoms with Gasteiger partial charge in [-0.25, -0.2) is 21.9 Å². The van der Waals surface area contributed by atoms with Crippen molar-refractivity contribution in [1.29, 1.82) is 0 Å². The minimum absolute atomic E-state index is 0.0849. The monoisotopic (exact) mass is 510 g/mol. The Morgan fingerprint density at radius 2 is 1.85 bits per heavy atom. The van der Waals surface area contributed by atoms with E-state index in [2.05, 4.69) is 29.9 Å². The van der Waals surface area contributed by atoms with E-state index in [4.69, 9.17) is 21.1 Å². The number of sulfonamides is 1. The van der Waals surface area contributed by atoms with Gasteiger partial charge in [-0.05, 0) is 24.3 Å². The molecule has 178 valence electrons. The molecule has 14 heteroatoms. The van der Waals surface area contributed by atoms with E-state index in [9.17, 15) is 17.2 Å². The van der Waals surface area contributed by atoms with Crippen molar-refractivity contribution in [2.45, 2.75) is 17.7 Å². The van der Waals surface area contributed by atoms with E-state index in [0.717, 1.165) is 0 Å². The molecular formula is C20H17ClF2N6O4S. The Balaban J connectivity index is 1.77. The van der Waals surface area contributed by atoms with Crippen LogP contribution in [0.15, 0.2) is 41.6 Å². The number of nitrogens with zero attached hydrogens (tertiary/aromatic N) is 4. The van der Waals surface area contributed by atoms with Gasteiger partial charge in [0.2, 0.25) is 24.1 Å². The molecule has 0 aliphatic rings. The highest BCUT2D eigenvalue weighted by atomic mass is 35.5. The zero-order chi connectivity index (χ0) is 24.5. The maximum Gasteiger partial charge on any atom is 0.266 e. The number of aromatic amines is 1. The molecule has 2 N–H and O–H groups in total. The number of benzene rings is 1. The normalized spacial score (nSPS) is 11.7. The summed E-state index contributed by atoms with van der Waals surface area (Å²) in [5, 5.41) is 8.55. The van der Waals surface area contributed by atoms with Crippen LogP contribution in [-0.4, -0.2) is 54.2 Å². The van der Waals surface area contributed by atoms with Gasteiger partial charge >= 0.3 is 0 Å². The Labute approximate surface area is 197 Å². The quantitative estimate of drug-likeness (QED) is 0.367. The van der Waals surface area contributed by atoms with Crippen molar-refractivity contribution >= 4 is 38.5 Å². The van der Waals surface area contributed by atoms with E-state index in [1.165, 1.54) is 32.7 Å². The summed E-state index contributed by atoms with van der Waals surface area (Å²) in [5.41, 5.74) is 1.27. The van der Waals surface area contributed by atoms with Crippen LogP contribution >= 0.6 is 11.6 Å². The topological polar surface area (TPSA) is 132 Å². The molecule has 0 atom stereocenters. The molecule has 3 aromatic heterocycles. The number of ether oxygens (including phenoxy) is 2. The van der Waals surface area contributed by atoms with Gasteiger partial charge in [-0.15, -0.1) is 0 Å². The molecule has 10 nitrogen and oxygen atoms in total. The van der Waals surface area contributed by atoms with Crippen LogP contribution in [0.4, 0.5) is 14.7 Å². The number of hydrogen-bond donors (Lipinski definition) is 2. The Bertz CT molecular complexity index is 1430. The third-order valence-electron chi connectivity index (χ3n) is 4.79. The summed E-state index contributed by atoms with van der Waals surface area (Å²) in [4.78, 5) is 10.6. The maximum atomic E-state index is 13.2. The minimum atomic E-state index is -4.24. The highest BCUT2D eigenvalue weighted by Gasteiger charge is 2.26. The third kappa shape index (κ3) is 4.43. The molecule has 0 saturated heterocycles. The Morgan fingerprint density at radius 3 is 2.44 bits per heavy atom. The first-order chi connectivity index (χ1) is 16.2. The smallest absolute Gasteiger partial charge is 0.266 e. The number of hydrogen-bond acceptors (Lipinski definition) is 8. The molecule has 4 aromatic rings. The van der Waals surface area contributed by atoms with Gasteiger partial charge in [-0.2, -0.15) is 20.2 Å². The third-order valence-corrected chi connectivity index (χ3v) is 6.47. The lowest BCUT2D eigenvalue weighted by Crippen LogP contribution is -2.16. The zero-order valence-corrected chi connectivity index (χ0v) is 19.3. The highest BCUT2D eigenvalue weighted by Crippen LogP contribution is 2.36. The molecule has 3 heterocycles. The van der Waals surface area contributed by atoms with Crippen LogP contribution in [0.25, 0.3) is 22.2 Å². The van der Waals surface area contributed by atoms with Gasteiger partial charge in [-0.3, -0.25) is 0 Å². The van der Waals surface area contributed by atoms with Crippen LogP contribution in [-0.2, 0) is 16.4 Å². The molecule has 1 aromatic carbocycles. The maximum absolute atomic E-state index is 13.2. The lowest BCUT2D eigenvalue weighted by atomic mass is 10.1. The van der Waals surface area contributed by atoms with Crippen molar-refractivity contribution in [3.63, 3.8) is 0 Å². The lowest BCUT2D eigenvalue weighted by Gasteiger charge is -2.14. The molecule has 34 heavy (non-hydrogen) atoms. The lowest BCUT2D eigenvalue weighted by molar-refractivity contribution is 0.146. The zero-order valence-electron chi connectivity index (χ0n) is 17.7. The largest absolute Gasteiger partial charge is 0.481 e. The van der Waals surface area contributed by atoms with Gasteiger partial charge in [0, 0.05) is 29.8 Å². The minimum Gasteiger partial charge on any atom is -0.481 e. The summed E-state index contributed by atoms with van der Waals surface area (Å²) in [7, 11) is -1.81. The van der Waals surface area contributed by atoms with Crippen LogP contribution in [0.5, 0.6) is 11.8 Å². The summed E-state index contributed by atoms with van der Waals surface area (Å²) < 4.78 is 64.6. The number of methoxy groups -OCH3 is 2. The van der Waals surface area contributed by atoms with Gasteiger partial charge in [-0.1, -0.05) is 11.6 Å². The van der Waals surface area contributed by atoms with Gasteiger partial charge in [0.15, 0.2) is 0 Å². The molecule has 0 amide bonds. The summed E-state index contributed by atoms with van der Waals surface area (Å²) in [6.45, 7) is 0. The highest BCUT2D eigenvalue weighted by molar-refractivity contribution is 7.93. The van der Waals surface area contributed by atoms with Gasteiger partial charge in [0.25, 0.3) is 10.0 Å². The predicted molar refractivity (Wildman–Crippen MR) is 120 cm³/mol. The molecule has 0 saturated carbocycles. The molecule has 0 spiro atoms. The molecule has 4 rings (SSSR count). The standard InChI is InChI=1S/C20H17ClF2N6O4S/c1-32-18-11(8-15(22)23)19(33-2)27-20(26-18)29-34(30,31)14-9-24-17-10(14)5-6-12(21)16(17)13-4-3-7-25-28-13/h3-7,9,15,24H,8H2,1-2H3,(H,26,27,29). The van der Waals surface area contributed by atoms with E-state index in [0.29, 0.717) is 27.2 Å². The number of rotatable bonds is 8. The summed E-state index contributed by atoms with van der Waals surface area (Å²) >= 11 is 6.35. The van der Waals surface area contributed by atoms with E-state index in [-0.39, 0.29) is 22.2 Å². The van der Waals surface area contributed by atoms with Gasteiger partial charge < -0.3 is 14.5 Å². The van der Waals surface area contributed by atoms with Gasteiger partial charge in [0.05, 0.1) is 36.0 Å².